The molecule has 44 heavy (non-hydrogen) atoms. The number of para-hydroxylation sites is 2. The van der Waals surface area contributed by atoms with Gasteiger partial charge in [0.15, 0.2) is 0 Å². The maximum absolute atomic E-state index is 5.28. The van der Waals surface area contributed by atoms with Crippen LogP contribution >= 0.6 is 11.3 Å². The molecule has 0 aliphatic rings. The third-order valence-electron chi connectivity index (χ3n) is 8.60. The Labute approximate surface area is 259 Å². The fraction of sp³-hybridized carbons (Fsp3) is 0. The zero-order chi connectivity index (χ0) is 29.0. The van der Waals surface area contributed by atoms with Gasteiger partial charge in [-0.25, -0.2) is 4.98 Å². The molecule has 0 amide bonds. The Kier molecular flexibility index (Phi) is 5.71. The molecule has 3 heterocycles. The number of benzene rings is 6. The SMILES string of the molecule is c1ccc(-c2cc(-c3ccc4c5ccccc5n(-c5ccccc5)c4c3)cc(-c3cccc4c3sc3ccccc34)n2)cc1. The number of pyridine rings is 1. The number of hydrogen-bond donors (Lipinski definition) is 0. The minimum absolute atomic E-state index is 0.972. The number of thiophene rings is 1. The molecule has 0 unspecified atom stereocenters. The van der Waals surface area contributed by atoms with Crippen molar-refractivity contribution in [3.63, 3.8) is 0 Å². The topological polar surface area (TPSA) is 17.8 Å². The summed E-state index contributed by atoms with van der Waals surface area (Å²) in [4.78, 5) is 5.28. The van der Waals surface area contributed by atoms with E-state index in [2.05, 4.69) is 162 Å². The van der Waals surface area contributed by atoms with E-state index in [0.29, 0.717) is 0 Å². The van der Waals surface area contributed by atoms with Gasteiger partial charge in [-0.2, -0.15) is 0 Å². The zero-order valence-corrected chi connectivity index (χ0v) is 24.6. The molecule has 3 heteroatoms. The van der Waals surface area contributed by atoms with Gasteiger partial charge < -0.3 is 4.57 Å². The monoisotopic (exact) mass is 578 g/mol. The van der Waals surface area contributed by atoms with Crippen molar-refractivity contribution in [1.82, 2.24) is 9.55 Å². The lowest BCUT2D eigenvalue weighted by Crippen LogP contribution is -1.94. The summed E-state index contributed by atoms with van der Waals surface area (Å²) in [7, 11) is 0. The van der Waals surface area contributed by atoms with Gasteiger partial charge in [0.05, 0.1) is 22.4 Å². The summed E-state index contributed by atoms with van der Waals surface area (Å²) in [6.07, 6.45) is 0. The summed E-state index contributed by atoms with van der Waals surface area (Å²) < 4.78 is 4.96. The van der Waals surface area contributed by atoms with E-state index in [0.717, 1.165) is 28.2 Å². The van der Waals surface area contributed by atoms with Crippen LogP contribution in [0.2, 0.25) is 0 Å². The minimum atomic E-state index is 0.972. The zero-order valence-electron chi connectivity index (χ0n) is 23.8. The Morgan fingerprint density at radius 1 is 0.432 bits per heavy atom. The van der Waals surface area contributed by atoms with E-state index in [9.17, 15) is 0 Å². The van der Waals surface area contributed by atoms with E-state index in [1.54, 1.807) is 0 Å². The summed E-state index contributed by atoms with van der Waals surface area (Å²) >= 11 is 1.85. The molecule has 0 fully saturated rings. The fourth-order valence-corrected chi connectivity index (χ4v) is 7.77. The summed E-state index contributed by atoms with van der Waals surface area (Å²) in [5.74, 6) is 0. The van der Waals surface area contributed by atoms with Gasteiger partial charge in [0, 0.05) is 47.8 Å². The summed E-state index contributed by atoms with van der Waals surface area (Å²) in [6.45, 7) is 0. The van der Waals surface area contributed by atoms with Crippen LogP contribution in [0.25, 0.3) is 81.3 Å². The number of nitrogens with zero attached hydrogens (tertiary/aromatic N) is 2. The van der Waals surface area contributed by atoms with Crippen molar-refractivity contribution >= 4 is 53.3 Å². The van der Waals surface area contributed by atoms with Crippen molar-refractivity contribution < 1.29 is 0 Å². The Morgan fingerprint density at radius 3 is 1.98 bits per heavy atom. The average Bonchev–Trinajstić information content (AvgIpc) is 3.64. The Hall–Kier alpha value is -5.51. The van der Waals surface area contributed by atoms with Crippen molar-refractivity contribution in [2.24, 2.45) is 0 Å². The smallest absolute Gasteiger partial charge is 0.0730 e. The van der Waals surface area contributed by atoms with Crippen molar-refractivity contribution in [2.45, 2.75) is 0 Å². The molecular weight excluding hydrogens is 553 g/mol. The van der Waals surface area contributed by atoms with Crippen molar-refractivity contribution in [2.75, 3.05) is 0 Å². The van der Waals surface area contributed by atoms with Crippen molar-refractivity contribution in [1.29, 1.82) is 0 Å². The van der Waals surface area contributed by atoms with E-state index >= 15 is 0 Å². The lowest BCUT2D eigenvalue weighted by molar-refractivity contribution is 1.18. The third-order valence-corrected chi connectivity index (χ3v) is 9.82. The van der Waals surface area contributed by atoms with Gasteiger partial charge in [-0.05, 0) is 53.6 Å². The molecule has 0 aliphatic carbocycles. The van der Waals surface area contributed by atoms with E-state index < -0.39 is 0 Å². The predicted molar refractivity (Wildman–Crippen MR) is 188 cm³/mol. The highest BCUT2D eigenvalue weighted by Crippen LogP contribution is 2.41. The van der Waals surface area contributed by atoms with E-state index in [-0.39, 0.29) is 0 Å². The molecule has 0 saturated carbocycles. The molecule has 0 radical (unpaired) electrons. The summed E-state index contributed by atoms with van der Waals surface area (Å²) in [6, 6.07) is 56.5. The molecule has 0 N–H and O–H groups in total. The average molecular weight is 579 g/mol. The second-order valence-electron chi connectivity index (χ2n) is 11.2. The van der Waals surface area contributed by atoms with Crippen LogP contribution in [0.3, 0.4) is 0 Å². The Morgan fingerprint density at radius 2 is 1.11 bits per heavy atom. The Bertz CT molecular complexity index is 2490. The lowest BCUT2D eigenvalue weighted by atomic mass is 9.98. The first-order chi connectivity index (χ1) is 21.8. The number of hydrogen-bond acceptors (Lipinski definition) is 2. The maximum atomic E-state index is 5.28. The van der Waals surface area contributed by atoms with Crippen LogP contribution in [0, 0.1) is 0 Å². The second-order valence-corrected chi connectivity index (χ2v) is 12.2. The van der Waals surface area contributed by atoms with Crippen LogP contribution < -0.4 is 0 Å². The third kappa shape index (κ3) is 3.98. The first-order valence-corrected chi connectivity index (χ1v) is 15.7. The quantitative estimate of drug-likeness (QED) is 0.203. The van der Waals surface area contributed by atoms with Crippen molar-refractivity contribution in [3.05, 3.63) is 158 Å². The molecule has 0 aliphatic heterocycles. The lowest BCUT2D eigenvalue weighted by Gasteiger charge is -2.12. The van der Waals surface area contributed by atoms with Gasteiger partial charge in [0.25, 0.3) is 0 Å². The van der Waals surface area contributed by atoms with Crippen LogP contribution in [-0.2, 0) is 0 Å². The highest BCUT2D eigenvalue weighted by Gasteiger charge is 2.16. The van der Waals surface area contributed by atoms with Crippen LogP contribution in [-0.4, -0.2) is 9.55 Å². The molecule has 9 aromatic rings. The Balaban J connectivity index is 1.31. The first-order valence-electron chi connectivity index (χ1n) is 14.9. The van der Waals surface area contributed by atoms with E-state index in [1.807, 2.05) is 11.3 Å². The van der Waals surface area contributed by atoms with E-state index in [1.165, 1.54) is 53.1 Å². The molecular formula is C41H26N2S. The van der Waals surface area contributed by atoms with E-state index in [4.69, 9.17) is 4.98 Å². The van der Waals surface area contributed by atoms with Crippen LogP contribution in [0.1, 0.15) is 0 Å². The molecule has 9 rings (SSSR count). The second kappa shape index (κ2) is 10.0. The fourth-order valence-electron chi connectivity index (χ4n) is 6.55. The summed E-state index contributed by atoms with van der Waals surface area (Å²) in [5.41, 5.74) is 10.1. The van der Waals surface area contributed by atoms with Crippen LogP contribution in [0.5, 0.6) is 0 Å². The van der Waals surface area contributed by atoms with Crippen molar-refractivity contribution in [3.8, 4) is 39.3 Å². The molecule has 0 saturated heterocycles. The van der Waals surface area contributed by atoms with Crippen LogP contribution in [0.15, 0.2) is 158 Å². The molecule has 206 valence electrons. The highest BCUT2D eigenvalue weighted by molar-refractivity contribution is 7.26. The molecule has 0 spiro atoms. The van der Waals surface area contributed by atoms with Gasteiger partial charge in [-0.3, -0.25) is 0 Å². The standard InChI is InChI=1S/C41H26N2S/c1-3-12-27(13-4-1)36-24-29(25-37(42-36)35-19-11-18-34-33-17-8-10-21-40(33)44-41(34)35)28-22-23-32-31-16-7-9-20-38(31)43(39(32)26-28)30-14-5-2-6-15-30/h1-26H. The molecule has 0 bridgehead atoms. The van der Waals surface area contributed by atoms with Gasteiger partial charge in [-0.15, -0.1) is 11.3 Å². The number of rotatable bonds is 4. The summed E-state index contributed by atoms with van der Waals surface area (Å²) in [5, 5.41) is 5.09. The van der Waals surface area contributed by atoms with Crippen LogP contribution in [0.4, 0.5) is 0 Å². The van der Waals surface area contributed by atoms with Gasteiger partial charge in [0.2, 0.25) is 0 Å². The molecule has 2 nitrogen and oxygen atoms in total. The normalized spacial score (nSPS) is 11.6. The highest BCUT2D eigenvalue weighted by atomic mass is 32.1. The number of fused-ring (bicyclic) bond motifs is 6. The van der Waals surface area contributed by atoms with Gasteiger partial charge >= 0.3 is 0 Å². The molecule has 3 aromatic heterocycles. The predicted octanol–water partition coefficient (Wildman–Crippen LogP) is 11.5. The number of aromatic nitrogens is 2. The maximum Gasteiger partial charge on any atom is 0.0730 e. The largest absolute Gasteiger partial charge is 0.309 e. The molecule has 0 atom stereocenters. The molecule has 6 aromatic carbocycles. The van der Waals surface area contributed by atoms with Gasteiger partial charge in [0.1, 0.15) is 0 Å². The minimum Gasteiger partial charge on any atom is -0.309 e. The first kappa shape index (κ1) is 25.0. The van der Waals surface area contributed by atoms with Gasteiger partial charge in [-0.1, -0.05) is 115 Å².